The number of ether oxygens (including phenoxy) is 1. The summed E-state index contributed by atoms with van der Waals surface area (Å²) >= 11 is 5.88. The third-order valence-corrected chi connectivity index (χ3v) is 4.22. The van der Waals surface area contributed by atoms with Gasteiger partial charge in [0.2, 0.25) is 0 Å². The lowest BCUT2D eigenvalue weighted by atomic mass is 10.2. The van der Waals surface area contributed by atoms with Crippen LogP contribution in [-0.2, 0) is 7.05 Å². The minimum absolute atomic E-state index is 0. The molecule has 0 radical (unpaired) electrons. The van der Waals surface area contributed by atoms with E-state index in [1.54, 1.807) is 0 Å². The molecule has 0 saturated carbocycles. The van der Waals surface area contributed by atoms with Crippen LogP contribution in [0.1, 0.15) is 11.9 Å². The molecule has 5 nitrogen and oxygen atoms in total. The first-order chi connectivity index (χ1) is 10.7. The summed E-state index contributed by atoms with van der Waals surface area (Å²) in [4.78, 5) is 6.92. The van der Waals surface area contributed by atoms with Gasteiger partial charge in [-0.3, -0.25) is 4.90 Å². The highest BCUT2D eigenvalue weighted by atomic mass is 35.5. The van der Waals surface area contributed by atoms with Crippen molar-refractivity contribution in [3.63, 3.8) is 0 Å². The molecular weight excluding hydrogens is 335 g/mol. The number of rotatable bonds is 5. The van der Waals surface area contributed by atoms with Crippen LogP contribution in [-0.4, -0.2) is 47.2 Å². The Balaban J connectivity index is 0.00000192. The molecule has 0 amide bonds. The lowest BCUT2D eigenvalue weighted by Crippen LogP contribution is -2.48. The molecule has 0 spiro atoms. The number of halogens is 2. The third-order valence-electron chi connectivity index (χ3n) is 3.97. The van der Waals surface area contributed by atoms with Crippen molar-refractivity contribution in [2.24, 2.45) is 7.05 Å². The Morgan fingerprint density at radius 1 is 1.35 bits per heavy atom. The van der Waals surface area contributed by atoms with Crippen LogP contribution in [0.2, 0.25) is 5.02 Å². The van der Waals surface area contributed by atoms with Crippen LogP contribution in [0.4, 0.5) is 0 Å². The van der Waals surface area contributed by atoms with Crippen LogP contribution in [0.15, 0.2) is 36.7 Å². The van der Waals surface area contributed by atoms with Crippen LogP contribution in [0, 0.1) is 0 Å². The molecule has 2 heterocycles. The van der Waals surface area contributed by atoms with E-state index in [1.807, 2.05) is 43.7 Å². The van der Waals surface area contributed by atoms with Crippen molar-refractivity contribution in [2.45, 2.75) is 6.04 Å². The van der Waals surface area contributed by atoms with Gasteiger partial charge in [-0.25, -0.2) is 4.98 Å². The standard InChI is InChI=1S/C16H21ClN4O.ClH/c1-20-8-7-19-16(20)15-12-18-6-9-21(15)10-11-22-14-4-2-13(17)3-5-14;/h2-5,7-8,15,18H,6,9-12H2,1H3;1H. The lowest BCUT2D eigenvalue weighted by Gasteiger charge is -2.35. The molecule has 1 aromatic carbocycles. The van der Waals surface area contributed by atoms with Crippen molar-refractivity contribution in [1.82, 2.24) is 19.8 Å². The molecule has 2 aromatic rings. The molecular formula is C16H22Cl2N4O. The van der Waals surface area contributed by atoms with E-state index in [0.717, 1.165) is 42.8 Å². The summed E-state index contributed by atoms with van der Waals surface area (Å²) in [6.07, 6.45) is 3.85. The molecule has 0 aliphatic carbocycles. The molecule has 126 valence electrons. The van der Waals surface area contributed by atoms with Gasteiger partial charge in [0.25, 0.3) is 0 Å². The molecule has 1 aromatic heterocycles. The van der Waals surface area contributed by atoms with Gasteiger partial charge in [0.15, 0.2) is 0 Å². The molecule has 1 fully saturated rings. The van der Waals surface area contributed by atoms with Gasteiger partial charge in [-0.1, -0.05) is 11.6 Å². The van der Waals surface area contributed by atoms with Gasteiger partial charge in [0, 0.05) is 50.6 Å². The van der Waals surface area contributed by atoms with E-state index in [0.29, 0.717) is 12.6 Å². The Morgan fingerprint density at radius 3 is 2.83 bits per heavy atom. The van der Waals surface area contributed by atoms with Crippen molar-refractivity contribution < 1.29 is 4.74 Å². The number of hydrogen-bond acceptors (Lipinski definition) is 4. The van der Waals surface area contributed by atoms with E-state index in [9.17, 15) is 0 Å². The number of piperazine rings is 1. The molecule has 0 bridgehead atoms. The van der Waals surface area contributed by atoms with E-state index in [2.05, 4.69) is 19.8 Å². The van der Waals surface area contributed by atoms with Crippen LogP contribution in [0.3, 0.4) is 0 Å². The third kappa shape index (κ3) is 4.61. The summed E-state index contributed by atoms with van der Waals surface area (Å²) in [5.74, 6) is 1.95. The smallest absolute Gasteiger partial charge is 0.127 e. The quantitative estimate of drug-likeness (QED) is 0.893. The Labute approximate surface area is 148 Å². The highest BCUT2D eigenvalue weighted by molar-refractivity contribution is 6.30. The van der Waals surface area contributed by atoms with Gasteiger partial charge < -0.3 is 14.6 Å². The number of imidazole rings is 1. The second-order valence-corrected chi connectivity index (χ2v) is 5.89. The van der Waals surface area contributed by atoms with Gasteiger partial charge in [-0.2, -0.15) is 0 Å². The second kappa shape index (κ2) is 8.55. The van der Waals surface area contributed by atoms with Crippen molar-refractivity contribution in [2.75, 3.05) is 32.8 Å². The van der Waals surface area contributed by atoms with Crippen LogP contribution >= 0.6 is 24.0 Å². The first-order valence-corrected chi connectivity index (χ1v) is 7.92. The summed E-state index contributed by atoms with van der Waals surface area (Å²) in [5.41, 5.74) is 0. The molecule has 1 atom stereocenters. The van der Waals surface area contributed by atoms with Gasteiger partial charge in [-0.05, 0) is 24.3 Å². The lowest BCUT2D eigenvalue weighted by molar-refractivity contribution is 0.127. The Hall–Kier alpha value is -1.27. The minimum Gasteiger partial charge on any atom is -0.492 e. The average molecular weight is 357 g/mol. The average Bonchev–Trinajstić information content (AvgIpc) is 2.96. The van der Waals surface area contributed by atoms with Crippen LogP contribution < -0.4 is 10.1 Å². The monoisotopic (exact) mass is 356 g/mol. The van der Waals surface area contributed by atoms with Crippen molar-refractivity contribution in [3.05, 3.63) is 47.5 Å². The number of aromatic nitrogens is 2. The van der Waals surface area contributed by atoms with Gasteiger partial charge in [0.05, 0.1) is 6.04 Å². The fourth-order valence-electron chi connectivity index (χ4n) is 2.78. The maximum Gasteiger partial charge on any atom is 0.127 e. The van der Waals surface area contributed by atoms with E-state index in [-0.39, 0.29) is 12.4 Å². The number of nitrogens with zero attached hydrogens (tertiary/aromatic N) is 3. The van der Waals surface area contributed by atoms with E-state index in [4.69, 9.17) is 16.3 Å². The first kappa shape index (κ1) is 18.1. The van der Waals surface area contributed by atoms with Crippen LogP contribution in [0.5, 0.6) is 5.75 Å². The fourth-order valence-corrected chi connectivity index (χ4v) is 2.90. The number of hydrogen-bond donors (Lipinski definition) is 1. The molecule has 1 N–H and O–H groups in total. The molecule has 1 unspecified atom stereocenters. The predicted molar refractivity (Wildman–Crippen MR) is 94.6 cm³/mol. The number of nitrogens with one attached hydrogen (secondary N) is 1. The van der Waals surface area contributed by atoms with E-state index < -0.39 is 0 Å². The maximum absolute atomic E-state index is 5.88. The Morgan fingerprint density at radius 2 is 2.13 bits per heavy atom. The van der Waals surface area contributed by atoms with Gasteiger partial charge in [0.1, 0.15) is 18.2 Å². The second-order valence-electron chi connectivity index (χ2n) is 5.45. The Kier molecular flexibility index (Phi) is 6.72. The molecule has 1 aliphatic rings. The SMILES string of the molecule is Cl.Cn1ccnc1C1CNCCN1CCOc1ccc(Cl)cc1. The molecule has 23 heavy (non-hydrogen) atoms. The molecule has 3 rings (SSSR count). The fraction of sp³-hybridized carbons (Fsp3) is 0.438. The van der Waals surface area contributed by atoms with Gasteiger partial charge in [-0.15, -0.1) is 12.4 Å². The van der Waals surface area contributed by atoms with E-state index in [1.165, 1.54) is 0 Å². The van der Waals surface area contributed by atoms with Crippen molar-refractivity contribution in [1.29, 1.82) is 0 Å². The Bertz CT molecular complexity index is 602. The zero-order valence-electron chi connectivity index (χ0n) is 13.1. The van der Waals surface area contributed by atoms with Gasteiger partial charge >= 0.3 is 0 Å². The van der Waals surface area contributed by atoms with E-state index >= 15 is 0 Å². The molecule has 1 aliphatic heterocycles. The zero-order valence-corrected chi connectivity index (χ0v) is 14.7. The maximum atomic E-state index is 5.88. The summed E-state index contributed by atoms with van der Waals surface area (Å²) in [6.45, 7) is 4.46. The summed E-state index contributed by atoms with van der Waals surface area (Å²) in [5, 5.41) is 4.17. The van der Waals surface area contributed by atoms with Crippen molar-refractivity contribution in [3.8, 4) is 5.75 Å². The molecule has 1 saturated heterocycles. The normalized spacial score (nSPS) is 18.4. The summed E-state index contributed by atoms with van der Waals surface area (Å²) < 4.78 is 7.90. The number of aryl methyl sites for hydroxylation is 1. The first-order valence-electron chi connectivity index (χ1n) is 7.54. The highest BCUT2D eigenvalue weighted by Crippen LogP contribution is 2.20. The minimum atomic E-state index is 0. The summed E-state index contributed by atoms with van der Waals surface area (Å²) in [7, 11) is 2.04. The molecule has 7 heteroatoms. The van der Waals surface area contributed by atoms with Crippen molar-refractivity contribution >= 4 is 24.0 Å². The summed E-state index contributed by atoms with van der Waals surface area (Å²) in [6, 6.07) is 7.78. The predicted octanol–water partition coefficient (Wildman–Crippen LogP) is 2.52. The topological polar surface area (TPSA) is 42.3 Å². The largest absolute Gasteiger partial charge is 0.492 e. The number of benzene rings is 1. The van der Waals surface area contributed by atoms with Crippen LogP contribution in [0.25, 0.3) is 0 Å². The highest BCUT2D eigenvalue weighted by Gasteiger charge is 2.26. The zero-order chi connectivity index (χ0) is 15.4.